The molecule has 0 aliphatic heterocycles. The minimum atomic E-state index is -0.352. The fraction of sp³-hybridized carbons (Fsp3) is 0.333. The van der Waals surface area contributed by atoms with E-state index in [1.54, 1.807) is 30.5 Å². The molecular formula is C24H25F2N3O2. The standard InChI is InChI=1S/C24H25F2N3O2/c25-18-9-7-17(8-10-18)16-31-22-15-29(21-13-11-19(26)12-14-21)28-23(22)24(30)27-20-5-3-1-2-4-6-20/h7-15,20H,1-6,16H2,(H,27,30). The van der Waals surface area contributed by atoms with Crippen molar-refractivity contribution in [3.8, 4) is 11.4 Å². The molecule has 0 radical (unpaired) electrons. The molecule has 0 unspecified atom stereocenters. The van der Waals surface area contributed by atoms with E-state index in [-0.39, 0.29) is 35.9 Å². The largest absolute Gasteiger partial charge is 0.485 e. The summed E-state index contributed by atoms with van der Waals surface area (Å²) in [7, 11) is 0. The topological polar surface area (TPSA) is 56.2 Å². The van der Waals surface area contributed by atoms with E-state index in [0.29, 0.717) is 11.4 Å². The molecule has 31 heavy (non-hydrogen) atoms. The van der Waals surface area contributed by atoms with Crippen molar-refractivity contribution >= 4 is 5.91 Å². The highest BCUT2D eigenvalue weighted by Crippen LogP contribution is 2.23. The quantitative estimate of drug-likeness (QED) is 0.554. The first-order valence-electron chi connectivity index (χ1n) is 10.6. The number of rotatable bonds is 6. The summed E-state index contributed by atoms with van der Waals surface area (Å²) in [5.41, 5.74) is 1.56. The van der Waals surface area contributed by atoms with Crippen LogP contribution in [0.5, 0.6) is 5.75 Å². The zero-order valence-corrected chi connectivity index (χ0v) is 17.2. The highest BCUT2D eigenvalue weighted by Gasteiger charge is 2.22. The number of ether oxygens (including phenoxy) is 1. The molecule has 0 bridgehead atoms. The molecule has 3 aromatic rings. The summed E-state index contributed by atoms with van der Waals surface area (Å²) in [6.45, 7) is 0.166. The van der Waals surface area contributed by atoms with E-state index in [1.165, 1.54) is 41.8 Å². The molecular weight excluding hydrogens is 400 g/mol. The second-order valence-corrected chi connectivity index (χ2v) is 7.84. The minimum absolute atomic E-state index is 0.121. The Hall–Kier alpha value is -3.22. The van der Waals surface area contributed by atoms with Crippen molar-refractivity contribution < 1.29 is 18.3 Å². The van der Waals surface area contributed by atoms with Gasteiger partial charge in [0.1, 0.15) is 18.2 Å². The van der Waals surface area contributed by atoms with Gasteiger partial charge in [-0.2, -0.15) is 5.10 Å². The fourth-order valence-corrected chi connectivity index (χ4v) is 3.77. The van der Waals surface area contributed by atoms with Crippen LogP contribution in [0, 0.1) is 11.6 Å². The molecule has 1 aliphatic carbocycles. The maximum absolute atomic E-state index is 13.3. The lowest BCUT2D eigenvalue weighted by atomic mass is 10.1. The van der Waals surface area contributed by atoms with Crippen LogP contribution in [-0.4, -0.2) is 21.7 Å². The Morgan fingerprint density at radius 3 is 2.23 bits per heavy atom. The Labute approximate surface area is 180 Å². The molecule has 1 amide bonds. The van der Waals surface area contributed by atoms with Crippen molar-refractivity contribution in [2.24, 2.45) is 0 Å². The average molecular weight is 425 g/mol. The lowest BCUT2D eigenvalue weighted by Gasteiger charge is -2.15. The Morgan fingerprint density at radius 1 is 0.968 bits per heavy atom. The van der Waals surface area contributed by atoms with E-state index in [0.717, 1.165) is 31.2 Å². The molecule has 1 fully saturated rings. The minimum Gasteiger partial charge on any atom is -0.485 e. The van der Waals surface area contributed by atoms with Gasteiger partial charge >= 0.3 is 0 Å². The van der Waals surface area contributed by atoms with Crippen LogP contribution in [0.15, 0.2) is 54.7 Å². The number of nitrogens with zero attached hydrogens (tertiary/aromatic N) is 2. The highest BCUT2D eigenvalue weighted by atomic mass is 19.1. The zero-order chi connectivity index (χ0) is 21.6. The number of aromatic nitrogens is 2. The van der Waals surface area contributed by atoms with Gasteiger partial charge in [-0.1, -0.05) is 37.8 Å². The van der Waals surface area contributed by atoms with Crippen LogP contribution in [0.2, 0.25) is 0 Å². The van der Waals surface area contributed by atoms with E-state index < -0.39 is 0 Å². The summed E-state index contributed by atoms with van der Waals surface area (Å²) in [6.07, 6.45) is 8.10. The zero-order valence-electron chi connectivity index (χ0n) is 17.2. The second-order valence-electron chi connectivity index (χ2n) is 7.84. The van der Waals surface area contributed by atoms with E-state index in [4.69, 9.17) is 4.74 Å². The third kappa shape index (κ3) is 5.48. The van der Waals surface area contributed by atoms with E-state index in [2.05, 4.69) is 10.4 Å². The maximum Gasteiger partial charge on any atom is 0.275 e. The third-order valence-corrected chi connectivity index (χ3v) is 5.48. The molecule has 1 aromatic heterocycles. The van der Waals surface area contributed by atoms with Gasteiger partial charge in [0.15, 0.2) is 11.4 Å². The average Bonchev–Trinajstić information content (AvgIpc) is 3.03. The monoisotopic (exact) mass is 425 g/mol. The first-order chi connectivity index (χ1) is 15.1. The number of hydrogen-bond acceptors (Lipinski definition) is 3. The Morgan fingerprint density at radius 2 is 1.58 bits per heavy atom. The number of amides is 1. The summed E-state index contributed by atoms with van der Waals surface area (Å²) < 4.78 is 33.8. The SMILES string of the molecule is O=C(NC1CCCCCC1)c1nn(-c2ccc(F)cc2)cc1OCc1ccc(F)cc1. The van der Waals surface area contributed by atoms with Crippen molar-refractivity contribution in [1.82, 2.24) is 15.1 Å². The summed E-state index contributed by atoms with van der Waals surface area (Å²) in [6, 6.07) is 11.9. The summed E-state index contributed by atoms with van der Waals surface area (Å²) >= 11 is 0. The number of benzene rings is 2. The van der Waals surface area contributed by atoms with Crippen LogP contribution in [0.1, 0.15) is 54.6 Å². The predicted molar refractivity (Wildman–Crippen MR) is 113 cm³/mol. The lowest BCUT2D eigenvalue weighted by molar-refractivity contribution is 0.0923. The van der Waals surface area contributed by atoms with Gasteiger partial charge in [-0.3, -0.25) is 4.79 Å². The van der Waals surface area contributed by atoms with Crippen molar-refractivity contribution in [1.29, 1.82) is 0 Å². The Bertz CT molecular complexity index is 1010. The molecule has 0 atom stereocenters. The molecule has 5 nitrogen and oxygen atoms in total. The molecule has 1 saturated carbocycles. The van der Waals surface area contributed by atoms with Gasteiger partial charge in [-0.05, 0) is 54.8 Å². The smallest absolute Gasteiger partial charge is 0.275 e. The van der Waals surface area contributed by atoms with E-state index >= 15 is 0 Å². The normalized spacial score (nSPS) is 14.8. The fourth-order valence-electron chi connectivity index (χ4n) is 3.77. The molecule has 162 valence electrons. The number of carbonyl (C=O) groups is 1. The van der Waals surface area contributed by atoms with Crippen LogP contribution < -0.4 is 10.1 Å². The third-order valence-electron chi connectivity index (χ3n) is 5.48. The van der Waals surface area contributed by atoms with Gasteiger partial charge in [0.05, 0.1) is 11.9 Å². The van der Waals surface area contributed by atoms with Crippen LogP contribution >= 0.6 is 0 Å². The summed E-state index contributed by atoms with van der Waals surface area (Å²) in [4.78, 5) is 13.0. The van der Waals surface area contributed by atoms with Crippen LogP contribution in [0.25, 0.3) is 5.69 Å². The number of nitrogens with one attached hydrogen (secondary N) is 1. The molecule has 7 heteroatoms. The Balaban J connectivity index is 1.56. The molecule has 0 saturated heterocycles. The van der Waals surface area contributed by atoms with Crippen molar-refractivity contribution in [2.75, 3.05) is 0 Å². The summed E-state index contributed by atoms with van der Waals surface area (Å²) in [5, 5.41) is 7.51. The molecule has 1 heterocycles. The maximum atomic E-state index is 13.3. The van der Waals surface area contributed by atoms with Gasteiger partial charge in [0.2, 0.25) is 0 Å². The van der Waals surface area contributed by atoms with Gasteiger partial charge in [0.25, 0.3) is 5.91 Å². The van der Waals surface area contributed by atoms with Crippen LogP contribution in [-0.2, 0) is 6.61 Å². The van der Waals surface area contributed by atoms with Crippen molar-refractivity contribution in [3.63, 3.8) is 0 Å². The highest BCUT2D eigenvalue weighted by molar-refractivity contribution is 5.95. The molecule has 1 aliphatic rings. The van der Waals surface area contributed by atoms with Gasteiger partial charge in [-0.25, -0.2) is 13.5 Å². The van der Waals surface area contributed by atoms with Crippen LogP contribution in [0.4, 0.5) is 8.78 Å². The van der Waals surface area contributed by atoms with E-state index in [1.807, 2.05) is 0 Å². The number of halogens is 2. The Kier molecular flexibility index (Phi) is 6.60. The number of carbonyl (C=O) groups excluding carboxylic acids is 1. The van der Waals surface area contributed by atoms with Crippen molar-refractivity contribution in [3.05, 3.63) is 77.6 Å². The molecule has 1 N–H and O–H groups in total. The predicted octanol–water partition coefficient (Wildman–Crippen LogP) is 5.18. The lowest BCUT2D eigenvalue weighted by Crippen LogP contribution is -2.35. The van der Waals surface area contributed by atoms with Gasteiger partial charge in [0, 0.05) is 6.04 Å². The van der Waals surface area contributed by atoms with Gasteiger partial charge < -0.3 is 10.1 Å². The molecule has 0 spiro atoms. The number of hydrogen-bond donors (Lipinski definition) is 1. The first kappa shape index (κ1) is 21.0. The molecule has 4 rings (SSSR count). The summed E-state index contributed by atoms with van der Waals surface area (Å²) in [5.74, 6) is -0.645. The second kappa shape index (κ2) is 9.73. The van der Waals surface area contributed by atoms with Crippen LogP contribution in [0.3, 0.4) is 0 Å². The van der Waals surface area contributed by atoms with Crippen molar-refractivity contribution in [2.45, 2.75) is 51.2 Å². The first-order valence-corrected chi connectivity index (χ1v) is 10.6. The van der Waals surface area contributed by atoms with E-state index in [9.17, 15) is 13.6 Å². The van der Waals surface area contributed by atoms with Gasteiger partial charge in [-0.15, -0.1) is 0 Å². The molecule has 2 aromatic carbocycles.